The van der Waals surface area contributed by atoms with E-state index in [1.54, 1.807) is 11.3 Å². The van der Waals surface area contributed by atoms with Crippen molar-refractivity contribution >= 4 is 39.4 Å². The van der Waals surface area contributed by atoms with Gasteiger partial charge in [0.1, 0.15) is 5.00 Å². The highest BCUT2D eigenvalue weighted by Crippen LogP contribution is 2.40. The normalized spacial score (nSPS) is 16.5. The molecule has 2 N–H and O–H groups in total. The number of aryl methyl sites for hydroxylation is 2. The van der Waals surface area contributed by atoms with E-state index in [-0.39, 0.29) is 5.91 Å². The third-order valence-corrected chi connectivity index (χ3v) is 8.98. The maximum atomic E-state index is 13.6. The monoisotopic (exact) mass is 495 g/mol. The first kappa shape index (κ1) is 23.2. The minimum atomic E-state index is 0.0755. The minimum absolute atomic E-state index is 0.0755. The molecule has 2 aliphatic carbocycles. The number of para-hydroxylation sites is 1. The second-order valence-electron chi connectivity index (χ2n) is 10.2. The van der Waals surface area contributed by atoms with Crippen LogP contribution in [0.25, 0.3) is 22.2 Å². The summed E-state index contributed by atoms with van der Waals surface area (Å²) < 4.78 is 0. The summed E-state index contributed by atoms with van der Waals surface area (Å²) in [5.74, 6) is 0.0755. The Bertz CT molecular complexity index is 1420. The van der Waals surface area contributed by atoms with Crippen molar-refractivity contribution in [3.05, 3.63) is 75.7 Å². The van der Waals surface area contributed by atoms with Crippen LogP contribution in [0.4, 0.5) is 5.00 Å². The molecule has 0 radical (unpaired) electrons. The quantitative estimate of drug-likeness (QED) is 0.272. The largest absolute Gasteiger partial charge is 0.354 e. The molecule has 0 aliphatic heterocycles. The number of carbonyl (C=O) groups excluding carboxylic acids is 1. The van der Waals surface area contributed by atoms with Gasteiger partial charge in [-0.3, -0.25) is 4.79 Å². The van der Waals surface area contributed by atoms with Crippen molar-refractivity contribution in [2.75, 3.05) is 0 Å². The molecule has 36 heavy (non-hydrogen) atoms. The number of amides is 1. The lowest BCUT2D eigenvalue weighted by molar-refractivity contribution is 0.0927. The number of nitrogens with one attached hydrogen (secondary N) is 2. The molecule has 1 amide bonds. The number of benzene rings is 2. The Kier molecular flexibility index (Phi) is 6.49. The van der Waals surface area contributed by atoms with Crippen molar-refractivity contribution in [3.8, 4) is 11.3 Å². The Morgan fingerprint density at radius 3 is 2.64 bits per heavy atom. The van der Waals surface area contributed by atoms with E-state index in [0.717, 1.165) is 70.4 Å². The number of hydrogen-bond donors (Lipinski definition) is 2. The van der Waals surface area contributed by atoms with E-state index in [1.165, 1.54) is 41.7 Å². The molecule has 0 unspecified atom stereocenters. The summed E-state index contributed by atoms with van der Waals surface area (Å²) in [6, 6.07) is 17.1. The maximum absolute atomic E-state index is 13.6. The number of aliphatic imine (C=N–C) groups is 1. The predicted molar refractivity (Wildman–Crippen MR) is 151 cm³/mol. The smallest absolute Gasteiger partial charge is 0.254 e. The fraction of sp³-hybridized carbons (Fsp3) is 0.355. The van der Waals surface area contributed by atoms with Crippen LogP contribution >= 0.6 is 11.3 Å². The lowest BCUT2D eigenvalue weighted by Crippen LogP contribution is -2.36. The van der Waals surface area contributed by atoms with Crippen LogP contribution < -0.4 is 5.32 Å². The van der Waals surface area contributed by atoms with E-state index in [9.17, 15) is 4.79 Å². The summed E-state index contributed by atoms with van der Waals surface area (Å²) >= 11 is 1.72. The maximum Gasteiger partial charge on any atom is 0.254 e. The zero-order valence-electron chi connectivity index (χ0n) is 20.9. The SMILES string of the molecule is Cc1cccc2c(C=Nc3sc4c(c3C(=O)NC3CCCCC3)CCCC4)c(-c3ccccc3)[nH]c12. The Morgan fingerprint density at radius 2 is 1.81 bits per heavy atom. The fourth-order valence-electron chi connectivity index (χ4n) is 5.86. The number of H-pyrrole nitrogens is 1. The summed E-state index contributed by atoms with van der Waals surface area (Å²) in [5.41, 5.74) is 7.69. The highest BCUT2D eigenvalue weighted by atomic mass is 32.1. The molecule has 0 spiro atoms. The molecule has 2 heterocycles. The Labute approximate surface area is 216 Å². The van der Waals surface area contributed by atoms with E-state index in [0.29, 0.717) is 6.04 Å². The lowest BCUT2D eigenvalue weighted by atomic mass is 9.93. The molecule has 2 aliphatic rings. The molecule has 0 bridgehead atoms. The molecule has 2 aromatic heterocycles. The van der Waals surface area contributed by atoms with Gasteiger partial charge in [0.2, 0.25) is 0 Å². The van der Waals surface area contributed by atoms with Crippen molar-refractivity contribution < 1.29 is 4.79 Å². The zero-order valence-corrected chi connectivity index (χ0v) is 21.7. The van der Waals surface area contributed by atoms with Crippen LogP contribution in [0.2, 0.25) is 0 Å². The van der Waals surface area contributed by atoms with Crippen molar-refractivity contribution in [3.63, 3.8) is 0 Å². The summed E-state index contributed by atoms with van der Waals surface area (Å²) in [5, 5.41) is 5.38. The van der Waals surface area contributed by atoms with Gasteiger partial charge in [-0.1, -0.05) is 67.8 Å². The number of aromatic nitrogens is 1. The number of carbonyl (C=O) groups is 1. The Hall–Kier alpha value is -3.18. The highest BCUT2D eigenvalue weighted by molar-refractivity contribution is 7.16. The van der Waals surface area contributed by atoms with Crippen molar-refractivity contribution in [1.82, 2.24) is 10.3 Å². The number of fused-ring (bicyclic) bond motifs is 2. The zero-order chi connectivity index (χ0) is 24.5. The first-order chi connectivity index (χ1) is 17.7. The Balaban J connectivity index is 1.42. The number of nitrogens with zero attached hydrogens (tertiary/aromatic N) is 1. The van der Waals surface area contributed by atoms with E-state index in [1.807, 2.05) is 12.3 Å². The average molecular weight is 496 g/mol. The van der Waals surface area contributed by atoms with Gasteiger partial charge in [0.15, 0.2) is 0 Å². The van der Waals surface area contributed by atoms with Crippen LogP contribution in [0.3, 0.4) is 0 Å². The van der Waals surface area contributed by atoms with Crippen LogP contribution in [0.1, 0.15) is 76.9 Å². The Morgan fingerprint density at radius 1 is 1.00 bits per heavy atom. The van der Waals surface area contributed by atoms with E-state index < -0.39 is 0 Å². The highest BCUT2D eigenvalue weighted by Gasteiger charge is 2.27. The second-order valence-corrected chi connectivity index (χ2v) is 11.3. The topological polar surface area (TPSA) is 57.2 Å². The van der Waals surface area contributed by atoms with Gasteiger partial charge in [0, 0.05) is 33.6 Å². The molecular formula is C31H33N3OS. The van der Waals surface area contributed by atoms with Crippen LogP contribution in [0, 0.1) is 6.92 Å². The molecule has 2 aromatic carbocycles. The third kappa shape index (κ3) is 4.41. The fourth-order valence-corrected chi connectivity index (χ4v) is 7.09. The summed E-state index contributed by atoms with van der Waals surface area (Å²) in [6.07, 6.45) is 12.2. The van der Waals surface area contributed by atoms with E-state index in [4.69, 9.17) is 4.99 Å². The summed E-state index contributed by atoms with van der Waals surface area (Å²) in [7, 11) is 0. The van der Waals surface area contributed by atoms with Crippen molar-refractivity contribution in [2.45, 2.75) is 70.8 Å². The van der Waals surface area contributed by atoms with E-state index >= 15 is 0 Å². The minimum Gasteiger partial charge on any atom is -0.354 e. The first-order valence-corrected chi connectivity index (χ1v) is 14.2. The third-order valence-electron chi connectivity index (χ3n) is 7.78. The van der Waals surface area contributed by atoms with Gasteiger partial charge in [-0.15, -0.1) is 11.3 Å². The van der Waals surface area contributed by atoms with Crippen LogP contribution in [-0.4, -0.2) is 23.1 Å². The van der Waals surface area contributed by atoms with Gasteiger partial charge < -0.3 is 10.3 Å². The molecule has 1 saturated carbocycles. The van der Waals surface area contributed by atoms with E-state index in [2.05, 4.69) is 59.7 Å². The van der Waals surface area contributed by atoms with Gasteiger partial charge in [0.25, 0.3) is 5.91 Å². The molecule has 1 fully saturated rings. The molecule has 4 aromatic rings. The second kappa shape index (κ2) is 10.1. The van der Waals surface area contributed by atoms with Gasteiger partial charge >= 0.3 is 0 Å². The number of aromatic amines is 1. The molecule has 0 atom stereocenters. The molecule has 6 rings (SSSR count). The molecule has 0 saturated heterocycles. The lowest BCUT2D eigenvalue weighted by Gasteiger charge is -2.23. The number of hydrogen-bond acceptors (Lipinski definition) is 3. The average Bonchev–Trinajstić information content (AvgIpc) is 3.47. The number of thiophene rings is 1. The van der Waals surface area contributed by atoms with Crippen molar-refractivity contribution in [2.24, 2.45) is 4.99 Å². The van der Waals surface area contributed by atoms with Crippen LogP contribution in [0.15, 0.2) is 53.5 Å². The molecule has 4 nitrogen and oxygen atoms in total. The van der Waals surface area contributed by atoms with Crippen LogP contribution in [-0.2, 0) is 12.8 Å². The molecular weight excluding hydrogens is 462 g/mol. The van der Waals surface area contributed by atoms with Gasteiger partial charge in [-0.05, 0) is 62.1 Å². The summed E-state index contributed by atoms with van der Waals surface area (Å²) in [6.45, 7) is 2.13. The van der Waals surface area contributed by atoms with Gasteiger partial charge in [0.05, 0.1) is 11.3 Å². The molecule has 184 valence electrons. The van der Waals surface area contributed by atoms with Crippen LogP contribution in [0.5, 0.6) is 0 Å². The first-order valence-electron chi connectivity index (χ1n) is 13.3. The summed E-state index contributed by atoms with van der Waals surface area (Å²) in [4.78, 5) is 23.6. The van der Waals surface area contributed by atoms with Gasteiger partial charge in [-0.2, -0.15) is 0 Å². The van der Waals surface area contributed by atoms with Crippen molar-refractivity contribution in [1.29, 1.82) is 0 Å². The van der Waals surface area contributed by atoms with Gasteiger partial charge in [-0.25, -0.2) is 4.99 Å². The number of rotatable bonds is 5. The molecule has 5 heteroatoms. The standard InChI is InChI=1S/C31H33N3OS/c1-20-11-10-17-23-25(29(34-28(20)23)21-12-4-2-5-13-21)19-32-31-27(24-16-8-9-18-26(24)36-31)30(35)33-22-14-6-3-7-15-22/h2,4-5,10-13,17,19,22,34H,3,6-9,14-16,18H2,1H3,(H,33,35). The predicted octanol–water partition coefficient (Wildman–Crippen LogP) is 7.90.